The van der Waals surface area contributed by atoms with E-state index in [1.54, 1.807) is 37.3 Å². The lowest BCUT2D eigenvalue weighted by molar-refractivity contribution is -0.130. The summed E-state index contributed by atoms with van der Waals surface area (Å²) in [6, 6.07) is 10.5. The molecule has 1 aromatic heterocycles. The number of hydrogen-bond acceptors (Lipinski definition) is 7. The Bertz CT molecular complexity index is 1060. The van der Waals surface area contributed by atoms with Gasteiger partial charge in [0, 0.05) is 17.2 Å². The zero-order valence-corrected chi connectivity index (χ0v) is 16.1. The molecular weight excluding hydrogens is 372 g/mol. The Morgan fingerprint density at radius 1 is 1.07 bits per heavy atom. The van der Waals surface area contributed by atoms with Crippen LogP contribution in [0.2, 0.25) is 0 Å². The number of benzene rings is 1. The number of nitriles is 1. The molecule has 1 aromatic carbocycles. The molecule has 0 aliphatic carbocycles. The molecule has 0 radical (unpaired) electrons. The average Bonchev–Trinajstić information content (AvgIpc) is 2.72. The van der Waals surface area contributed by atoms with Gasteiger partial charge in [-0.2, -0.15) is 10.2 Å². The van der Waals surface area contributed by atoms with E-state index in [1.165, 1.54) is 31.2 Å². The van der Waals surface area contributed by atoms with Crippen molar-refractivity contribution < 1.29 is 23.9 Å². The van der Waals surface area contributed by atoms with Crippen LogP contribution in [0.3, 0.4) is 0 Å². The van der Waals surface area contributed by atoms with Gasteiger partial charge in [-0.25, -0.2) is 9.59 Å². The van der Waals surface area contributed by atoms with Gasteiger partial charge in [0.25, 0.3) is 0 Å². The largest absolute Gasteiger partial charge is 0.404 e. The van der Waals surface area contributed by atoms with E-state index in [1.807, 2.05) is 13.0 Å². The molecule has 0 aliphatic rings. The fourth-order valence-corrected chi connectivity index (χ4v) is 2.14. The van der Waals surface area contributed by atoms with Crippen LogP contribution < -0.4 is 9.47 Å². The van der Waals surface area contributed by atoms with Crippen LogP contribution in [0, 0.1) is 11.3 Å². The van der Waals surface area contributed by atoms with Crippen LogP contribution >= 0.6 is 0 Å². The van der Waals surface area contributed by atoms with Gasteiger partial charge in [-0.1, -0.05) is 30.4 Å². The Morgan fingerprint density at radius 3 is 2.45 bits per heavy atom. The maximum Gasteiger partial charge on any atom is 0.344 e. The predicted molar refractivity (Wildman–Crippen MR) is 105 cm³/mol. The van der Waals surface area contributed by atoms with E-state index in [-0.39, 0.29) is 28.7 Å². The highest BCUT2D eigenvalue weighted by molar-refractivity contribution is 5.98. The lowest BCUT2D eigenvalue weighted by Crippen LogP contribution is -2.13. The summed E-state index contributed by atoms with van der Waals surface area (Å²) in [7, 11) is 0. The minimum absolute atomic E-state index is 0.0120. The number of esters is 2. The van der Waals surface area contributed by atoms with Crippen molar-refractivity contribution in [2.75, 3.05) is 0 Å². The second kappa shape index (κ2) is 9.76. The molecule has 0 atom stereocenters. The SMILES string of the molecule is C/C=C\C=C(/C)C(=O)Oc1ccc(C#N)c(OC(=O)c2cccc(C(C)=O)c2)n1. The normalized spacial score (nSPS) is 11.0. The second-order valence-corrected chi connectivity index (χ2v) is 5.91. The Kier molecular flexibility index (Phi) is 7.15. The van der Waals surface area contributed by atoms with E-state index in [0.717, 1.165) is 0 Å². The average molecular weight is 390 g/mol. The third kappa shape index (κ3) is 5.71. The number of allylic oxidation sites excluding steroid dienone is 3. The minimum Gasteiger partial charge on any atom is -0.404 e. The van der Waals surface area contributed by atoms with E-state index >= 15 is 0 Å². The van der Waals surface area contributed by atoms with Crippen LogP contribution in [0.4, 0.5) is 0 Å². The van der Waals surface area contributed by atoms with Gasteiger partial charge in [-0.05, 0) is 39.0 Å². The van der Waals surface area contributed by atoms with Crippen LogP contribution in [0.1, 0.15) is 47.1 Å². The molecular formula is C22H18N2O5. The first-order valence-electron chi connectivity index (χ1n) is 8.61. The molecule has 0 saturated carbocycles. The summed E-state index contributed by atoms with van der Waals surface area (Å²) < 4.78 is 10.4. The van der Waals surface area contributed by atoms with Crippen molar-refractivity contribution in [1.29, 1.82) is 5.26 Å². The number of ether oxygens (including phenoxy) is 2. The summed E-state index contributed by atoms with van der Waals surface area (Å²) in [6.07, 6.45) is 5.02. The van der Waals surface area contributed by atoms with Crippen molar-refractivity contribution in [2.45, 2.75) is 20.8 Å². The Labute approximate surface area is 167 Å². The number of nitrogens with zero attached hydrogens (tertiary/aromatic N) is 2. The van der Waals surface area contributed by atoms with Gasteiger partial charge in [0.05, 0.1) is 5.56 Å². The van der Waals surface area contributed by atoms with Crippen molar-refractivity contribution in [3.8, 4) is 17.8 Å². The summed E-state index contributed by atoms with van der Waals surface area (Å²) in [5.41, 5.74) is 0.797. The Balaban J connectivity index is 2.26. The molecule has 0 bridgehead atoms. The fraction of sp³-hybridized carbons (Fsp3) is 0.136. The minimum atomic E-state index is -0.801. The highest BCUT2D eigenvalue weighted by Gasteiger charge is 2.17. The molecule has 0 spiro atoms. The van der Waals surface area contributed by atoms with Gasteiger partial charge in [0.15, 0.2) is 5.78 Å². The van der Waals surface area contributed by atoms with Crippen LogP contribution in [0.15, 0.2) is 60.2 Å². The molecule has 2 rings (SSSR count). The summed E-state index contributed by atoms with van der Waals surface area (Å²) in [6.45, 7) is 4.77. The van der Waals surface area contributed by atoms with E-state index < -0.39 is 11.9 Å². The summed E-state index contributed by atoms with van der Waals surface area (Å²) in [4.78, 5) is 39.9. The zero-order valence-electron chi connectivity index (χ0n) is 16.1. The number of carbonyl (C=O) groups excluding carboxylic acids is 3. The second-order valence-electron chi connectivity index (χ2n) is 5.91. The number of rotatable bonds is 6. The van der Waals surface area contributed by atoms with Gasteiger partial charge in [-0.15, -0.1) is 0 Å². The molecule has 7 heteroatoms. The van der Waals surface area contributed by atoms with Gasteiger partial charge in [0.2, 0.25) is 11.8 Å². The molecule has 1 heterocycles. The highest BCUT2D eigenvalue weighted by Crippen LogP contribution is 2.21. The smallest absolute Gasteiger partial charge is 0.344 e. The van der Waals surface area contributed by atoms with Crippen LogP contribution in [0.25, 0.3) is 0 Å². The number of ketones is 1. The summed E-state index contributed by atoms with van der Waals surface area (Å²) in [5.74, 6) is -2.06. The summed E-state index contributed by atoms with van der Waals surface area (Å²) in [5, 5.41) is 9.23. The lowest BCUT2D eigenvalue weighted by atomic mass is 10.1. The summed E-state index contributed by atoms with van der Waals surface area (Å²) >= 11 is 0. The first-order valence-corrected chi connectivity index (χ1v) is 8.61. The van der Waals surface area contributed by atoms with E-state index in [9.17, 15) is 19.6 Å². The quantitative estimate of drug-likeness (QED) is 0.319. The van der Waals surface area contributed by atoms with Crippen molar-refractivity contribution in [3.63, 3.8) is 0 Å². The van der Waals surface area contributed by atoms with Gasteiger partial charge in [-0.3, -0.25) is 4.79 Å². The van der Waals surface area contributed by atoms with Crippen LogP contribution in [-0.2, 0) is 4.79 Å². The van der Waals surface area contributed by atoms with Gasteiger partial charge >= 0.3 is 11.9 Å². The van der Waals surface area contributed by atoms with E-state index in [2.05, 4.69) is 4.98 Å². The Morgan fingerprint density at radius 2 is 1.79 bits per heavy atom. The molecule has 0 saturated heterocycles. The van der Waals surface area contributed by atoms with Crippen molar-refractivity contribution in [1.82, 2.24) is 4.98 Å². The molecule has 0 unspecified atom stereocenters. The molecule has 7 nitrogen and oxygen atoms in total. The highest BCUT2D eigenvalue weighted by atomic mass is 16.6. The van der Waals surface area contributed by atoms with E-state index in [4.69, 9.17) is 9.47 Å². The number of pyridine rings is 1. The topological polar surface area (TPSA) is 106 Å². The van der Waals surface area contributed by atoms with Crippen molar-refractivity contribution in [3.05, 3.63) is 76.9 Å². The standard InChI is InChI=1S/C22H18N2O5/c1-4-5-7-14(2)21(26)28-19-11-10-18(13-23)20(24-19)29-22(27)17-9-6-8-16(12-17)15(3)25/h4-12H,1-3H3/b5-4-,14-7+. The third-order valence-electron chi connectivity index (χ3n) is 3.71. The predicted octanol–water partition coefficient (Wildman–Crippen LogP) is 3.80. The van der Waals surface area contributed by atoms with Crippen LogP contribution in [-0.4, -0.2) is 22.7 Å². The maximum absolute atomic E-state index is 12.4. The number of carbonyl (C=O) groups is 3. The monoisotopic (exact) mass is 390 g/mol. The molecule has 0 amide bonds. The first-order chi connectivity index (χ1) is 13.8. The van der Waals surface area contributed by atoms with Gasteiger partial charge in [0.1, 0.15) is 11.6 Å². The maximum atomic E-state index is 12.4. The Hall–Kier alpha value is -4.05. The molecule has 0 aliphatic heterocycles. The molecule has 146 valence electrons. The molecule has 0 fully saturated rings. The van der Waals surface area contributed by atoms with E-state index in [0.29, 0.717) is 11.1 Å². The number of hydrogen-bond donors (Lipinski definition) is 0. The zero-order chi connectivity index (χ0) is 21.4. The van der Waals surface area contributed by atoms with Crippen molar-refractivity contribution >= 4 is 17.7 Å². The number of aromatic nitrogens is 1. The lowest BCUT2D eigenvalue weighted by Gasteiger charge is -2.08. The molecule has 29 heavy (non-hydrogen) atoms. The first kappa shape index (κ1) is 21.3. The third-order valence-corrected chi connectivity index (χ3v) is 3.71. The van der Waals surface area contributed by atoms with Crippen LogP contribution in [0.5, 0.6) is 11.8 Å². The molecule has 2 aromatic rings. The number of Topliss-reactive ketones (excluding diaryl/α,β-unsaturated/α-hetero) is 1. The van der Waals surface area contributed by atoms with Gasteiger partial charge < -0.3 is 9.47 Å². The van der Waals surface area contributed by atoms with Crippen molar-refractivity contribution in [2.24, 2.45) is 0 Å². The fourth-order valence-electron chi connectivity index (χ4n) is 2.14. The molecule has 0 N–H and O–H groups in total.